The summed E-state index contributed by atoms with van der Waals surface area (Å²) in [5.74, 6) is -1.92. The molecule has 17 heavy (non-hydrogen) atoms. The maximum atomic E-state index is 11.5. The Morgan fingerprint density at radius 3 is 2.76 bits per heavy atom. The zero-order valence-electron chi connectivity index (χ0n) is 10.2. The molecule has 1 heterocycles. The van der Waals surface area contributed by atoms with E-state index in [2.05, 4.69) is 5.32 Å². The second kappa shape index (κ2) is 6.22. The van der Waals surface area contributed by atoms with E-state index in [1.807, 2.05) is 6.92 Å². The predicted octanol–water partition coefficient (Wildman–Crippen LogP) is -0.323. The van der Waals surface area contributed by atoms with E-state index < -0.39 is 17.9 Å². The lowest BCUT2D eigenvalue weighted by atomic mass is 10.2. The Morgan fingerprint density at radius 2 is 2.24 bits per heavy atom. The highest BCUT2D eigenvalue weighted by Crippen LogP contribution is 2.08. The van der Waals surface area contributed by atoms with Gasteiger partial charge in [0, 0.05) is 13.6 Å². The van der Waals surface area contributed by atoms with Crippen molar-refractivity contribution in [3.63, 3.8) is 0 Å². The maximum Gasteiger partial charge on any atom is 0.396 e. The van der Waals surface area contributed by atoms with Gasteiger partial charge in [-0.3, -0.25) is 9.59 Å². The van der Waals surface area contributed by atoms with Crippen molar-refractivity contribution in [2.45, 2.75) is 32.2 Å². The van der Waals surface area contributed by atoms with Crippen LogP contribution in [0.2, 0.25) is 0 Å². The molecular weight excluding hydrogens is 224 g/mol. The van der Waals surface area contributed by atoms with E-state index in [0.717, 1.165) is 12.8 Å². The van der Waals surface area contributed by atoms with Gasteiger partial charge in [0.2, 0.25) is 5.91 Å². The predicted molar refractivity (Wildman–Crippen MR) is 60.1 cm³/mol. The van der Waals surface area contributed by atoms with Gasteiger partial charge in [-0.05, 0) is 12.8 Å². The summed E-state index contributed by atoms with van der Waals surface area (Å²) in [5, 5.41) is 2.38. The molecule has 0 saturated carbocycles. The summed E-state index contributed by atoms with van der Waals surface area (Å²) in [4.78, 5) is 35.6. The van der Waals surface area contributed by atoms with Gasteiger partial charge in [-0.25, -0.2) is 4.79 Å². The zero-order valence-corrected chi connectivity index (χ0v) is 10.2. The van der Waals surface area contributed by atoms with Gasteiger partial charge in [0.05, 0.1) is 6.61 Å². The second-order valence-electron chi connectivity index (χ2n) is 4.06. The summed E-state index contributed by atoms with van der Waals surface area (Å²) in [6, 6.07) is -0.591. The number of ether oxygens (including phenoxy) is 1. The number of amides is 2. The van der Waals surface area contributed by atoms with Crippen LogP contribution in [0.1, 0.15) is 26.2 Å². The Morgan fingerprint density at radius 1 is 1.53 bits per heavy atom. The molecule has 1 fully saturated rings. The van der Waals surface area contributed by atoms with Crippen LogP contribution in [0, 0.1) is 0 Å². The van der Waals surface area contributed by atoms with Crippen molar-refractivity contribution in [3.05, 3.63) is 0 Å². The summed E-state index contributed by atoms with van der Waals surface area (Å²) in [6.45, 7) is 2.79. The topological polar surface area (TPSA) is 75.7 Å². The molecular formula is C11H18N2O4. The molecule has 1 saturated heterocycles. The summed E-state index contributed by atoms with van der Waals surface area (Å²) < 4.78 is 4.74. The number of likely N-dealkylation sites (tertiary alicyclic amines) is 1. The van der Waals surface area contributed by atoms with E-state index >= 15 is 0 Å². The smallest absolute Gasteiger partial charge is 0.396 e. The number of likely N-dealkylation sites (N-methyl/N-ethyl adjacent to an activating group) is 1. The first kappa shape index (κ1) is 13.5. The molecule has 0 radical (unpaired) electrons. The van der Waals surface area contributed by atoms with Gasteiger partial charge < -0.3 is 15.0 Å². The van der Waals surface area contributed by atoms with Crippen LogP contribution in [-0.2, 0) is 19.1 Å². The van der Waals surface area contributed by atoms with Gasteiger partial charge in [0.25, 0.3) is 0 Å². The highest BCUT2D eigenvalue weighted by molar-refractivity contribution is 6.32. The minimum absolute atomic E-state index is 0.167. The third-order valence-corrected chi connectivity index (χ3v) is 2.65. The number of nitrogens with one attached hydrogen (secondary N) is 1. The molecule has 2 amide bonds. The summed E-state index contributed by atoms with van der Waals surface area (Å²) in [6.07, 6.45) is 2.15. The normalized spacial score (nSPS) is 19.3. The number of esters is 1. The first-order valence-corrected chi connectivity index (χ1v) is 5.78. The van der Waals surface area contributed by atoms with E-state index in [1.54, 1.807) is 7.05 Å². The number of unbranched alkanes of at least 4 members (excludes halogenated alkanes) is 1. The molecule has 1 unspecified atom stereocenters. The van der Waals surface area contributed by atoms with Crippen LogP contribution in [0.15, 0.2) is 0 Å². The van der Waals surface area contributed by atoms with E-state index in [1.165, 1.54) is 4.90 Å². The number of nitrogens with zero attached hydrogens (tertiary/aromatic N) is 1. The van der Waals surface area contributed by atoms with Crippen molar-refractivity contribution in [1.29, 1.82) is 0 Å². The highest BCUT2D eigenvalue weighted by atomic mass is 16.5. The SMILES string of the molecule is CCCCOC(=O)C(=O)NC1CCN(C)C1=O. The van der Waals surface area contributed by atoms with Crippen molar-refractivity contribution in [1.82, 2.24) is 10.2 Å². The first-order valence-electron chi connectivity index (χ1n) is 5.78. The maximum absolute atomic E-state index is 11.5. The number of carbonyl (C=O) groups excluding carboxylic acids is 3. The molecule has 0 aromatic rings. The lowest BCUT2D eigenvalue weighted by Gasteiger charge is -2.11. The molecule has 1 aliphatic heterocycles. The van der Waals surface area contributed by atoms with Crippen LogP contribution < -0.4 is 5.32 Å². The van der Waals surface area contributed by atoms with E-state index in [9.17, 15) is 14.4 Å². The third kappa shape index (κ3) is 3.72. The quantitative estimate of drug-likeness (QED) is 0.416. The minimum atomic E-state index is -0.916. The van der Waals surface area contributed by atoms with Crippen LogP contribution in [-0.4, -0.2) is 48.9 Å². The molecule has 1 N–H and O–H groups in total. The van der Waals surface area contributed by atoms with Crippen molar-refractivity contribution in [2.24, 2.45) is 0 Å². The molecule has 0 aliphatic carbocycles. The van der Waals surface area contributed by atoms with Gasteiger partial charge in [0.15, 0.2) is 0 Å². The van der Waals surface area contributed by atoms with E-state index in [0.29, 0.717) is 13.0 Å². The molecule has 0 bridgehead atoms. The van der Waals surface area contributed by atoms with Crippen molar-refractivity contribution >= 4 is 17.8 Å². The number of carbonyl (C=O) groups is 3. The Kier molecular flexibility index (Phi) is 4.93. The molecule has 1 aliphatic rings. The Hall–Kier alpha value is -1.59. The Bertz CT molecular complexity index is 317. The zero-order chi connectivity index (χ0) is 12.8. The van der Waals surface area contributed by atoms with Crippen molar-refractivity contribution in [3.8, 4) is 0 Å². The summed E-state index contributed by atoms with van der Waals surface area (Å²) in [7, 11) is 1.66. The molecule has 0 spiro atoms. The van der Waals surface area contributed by atoms with Gasteiger partial charge in [-0.1, -0.05) is 13.3 Å². The van der Waals surface area contributed by atoms with Gasteiger partial charge in [-0.15, -0.1) is 0 Å². The van der Waals surface area contributed by atoms with Gasteiger partial charge in [-0.2, -0.15) is 0 Å². The fourth-order valence-corrected chi connectivity index (χ4v) is 1.55. The number of hydrogen-bond donors (Lipinski definition) is 1. The molecule has 6 heteroatoms. The van der Waals surface area contributed by atoms with Gasteiger partial charge >= 0.3 is 11.9 Å². The molecule has 0 aromatic heterocycles. The van der Waals surface area contributed by atoms with Crippen molar-refractivity contribution in [2.75, 3.05) is 20.2 Å². The summed E-state index contributed by atoms with van der Waals surface area (Å²) >= 11 is 0. The summed E-state index contributed by atoms with van der Waals surface area (Å²) in [5.41, 5.74) is 0. The molecule has 96 valence electrons. The monoisotopic (exact) mass is 242 g/mol. The number of rotatable bonds is 4. The van der Waals surface area contributed by atoms with Crippen LogP contribution in [0.4, 0.5) is 0 Å². The fraction of sp³-hybridized carbons (Fsp3) is 0.727. The molecule has 1 rings (SSSR count). The molecule has 6 nitrogen and oxygen atoms in total. The standard InChI is InChI=1S/C11H18N2O4/c1-3-4-7-17-11(16)9(14)12-8-5-6-13(2)10(8)15/h8H,3-7H2,1-2H3,(H,12,14). The van der Waals surface area contributed by atoms with Crippen LogP contribution in [0.5, 0.6) is 0 Å². The molecule has 1 atom stereocenters. The average Bonchev–Trinajstić information content (AvgIpc) is 2.61. The van der Waals surface area contributed by atoms with Crippen LogP contribution >= 0.6 is 0 Å². The third-order valence-electron chi connectivity index (χ3n) is 2.65. The molecule has 0 aromatic carbocycles. The van der Waals surface area contributed by atoms with Crippen molar-refractivity contribution < 1.29 is 19.1 Å². The lowest BCUT2D eigenvalue weighted by Crippen LogP contribution is -2.44. The first-order chi connectivity index (χ1) is 8.06. The number of hydrogen-bond acceptors (Lipinski definition) is 4. The second-order valence-corrected chi connectivity index (χ2v) is 4.06. The largest absolute Gasteiger partial charge is 0.459 e. The van der Waals surface area contributed by atoms with Crippen LogP contribution in [0.25, 0.3) is 0 Å². The Labute approximate surface area is 100 Å². The van der Waals surface area contributed by atoms with E-state index in [-0.39, 0.29) is 12.5 Å². The fourth-order valence-electron chi connectivity index (χ4n) is 1.55. The average molecular weight is 242 g/mol. The van der Waals surface area contributed by atoms with Gasteiger partial charge in [0.1, 0.15) is 6.04 Å². The van der Waals surface area contributed by atoms with E-state index in [4.69, 9.17) is 4.74 Å². The minimum Gasteiger partial charge on any atom is -0.459 e. The van der Waals surface area contributed by atoms with Crippen LogP contribution in [0.3, 0.4) is 0 Å². The highest BCUT2D eigenvalue weighted by Gasteiger charge is 2.32. The Balaban J connectivity index is 2.34. The lowest BCUT2D eigenvalue weighted by molar-refractivity contribution is -0.155.